The summed E-state index contributed by atoms with van der Waals surface area (Å²) in [5.41, 5.74) is 0.397. The number of ether oxygens (including phenoxy) is 1. The Morgan fingerprint density at radius 2 is 1.53 bits per heavy atom. The van der Waals surface area contributed by atoms with Crippen molar-refractivity contribution in [3.8, 4) is 0 Å². The molecule has 2 atom stereocenters. The first-order chi connectivity index (χ1) is 18.4. The molecule has 0 saturated carbocycles. The van der Waals surface area contributed by atoms with Crippen LogP contribution in [0.25, 0.3) is 0 Å². The van der Waals surface area contributed by atoms with Gasteiger partial charge in [-0.05, 0) is 31.1 Å². The SMILES string of the molecule is CCCCCCCCCCCCC/C=C/[C@@H](OC(=O)c1ccccc1)C(COP1(=O)OCCO1)NC(C)=O. The molecule has 1 aliphatic rings. The number of carbonyl (C=O) groups is 2. The largest absolute Gasteiger partial charge is 0.475 e. The lowest BCUT2D eigenvalue weighted by Gasteiger charge is -2.26. The summed E-state index contributed by atoms with van der Waals surface area (Å²) in [7, 11) is -3.68. The highest BCUT2D eigenvalue weighted by Crippen LogP contribution is 2.52. The zero-order valence-corrected chi connectivity index (χ0v) is 24.0. The Kier molecular flexibility index (Phi) is 16.2. The van der Waals surface area contributed by atoms with E-state index in [1.165, 1.54) is 64.7 Å². The Labute approximate surface area is 228 Å². The van der Waals surface area contributed by atoms with Crippen LogP contribution in [0.2, 0.25) is 0 Å². The molecule has 0 aromatic heterocycles. The van der Waals surface area contributed by atoms with Crippen LogP contribution in [-0.2, 0) is 27.7 Å². The highest BCUT2D eigenvalue weighted by atomic mass is 31.2. The monoisotopic (exact) mass is 551 g/mol. The normalized spacial score (nSPS) is 16.4. The van der Waals surface area contributed by atoms with Gasteiger partial charge in [0.1, 0.15) is 6.10 Å². The van der Waals surface area contributed by atoms with Gasteiger partial charge in [0.25, 0.3) is 0 Å². The molecule has 38 heavy (non-hydrogen) atoms. The van der Waals surface area contributed by atoms with Gasteiger partial charge in [0.15, 0.2) is 0 Å². The first kappa shape index (κ1) is 32.2. The lowest BCUT2D eigenvalue weighted by atomic mass is 10.0. The van der Waals surface area contributed by atoms with E-state index < -0.39 is 25.9 Å². The minimum Gasteiger partial charge on any atom is -0.452 e. The van der Waals surface area contributed by atoms with E-state index in [2.05, 4.69) is 12.2 Å². The predicted octanol–water partition coefficient (Wildman–Crippen LogP) is 7.15. The molecule has 0 bridgehead atoms. The molecule has 0 radical (unpaired) electrons. The second-order valence-electron chi connectivity index (χ2n) is 9.70. The summed E-state index contributed by atoms with van der Waals surface area (Å²) >= 11 is 0. The first-order valence-corrected chi connectivity index (χ1v) is 15.6. The van der Waals surface area contributed by atoms with Gasteiger partial charge in [-0.15, -0.1) is 0 Å². The molecule has 1 fully saturated rings. The van der Waals surface area contributed by atoms with Gasteiger partial charge in [0, 0.05) is 6.92 Å². The Hall–Kier alpha value is -1.99. The van der Waals surface area contributed by atoms with Gasteiger partial charge in [-0.25, -0.2) is 9.36 Å². The third-order valence-electron chi connectivity index (χ3n) is 6.33. The molecular weight excluding hydrogens is 505 g/mol. The van der Waals surface area contributed by atoms with Crippen LogP contribution in [0.5, 0.6) is 0 Å². The van der Waals surface area contributed by atoms with Crippen LogP contribution < -0.4 is 5.32 Å². The molecule has 9 heteroatoms. The number of rotatable bonds is 20. The highest BCUT2D eigenvalue weighted by Gasteiger charge is 2.35. The highest BCUT2D eigenvalue weighted by molar-refractivity contribution is 7.48. The van der Waals surface area contributed by atoms with Gasteiger partial charge < -0.3 is 10.1 Å². The lowest BCUT2D eigenvalue weighted by molar-refractivity contribution is -0.120. The number of unbranched alkanes of at least 4 members (excludes halogenated alkanes) is 11. The van der Waals surface area contributed by atoms with E-state index in [4.69, 9.17) is 18.3 Å². The van der Waals surface area contributed by atoms with Crippen molar-refractivity contribution in [3.05, 3.63) is 48.0 Å². The summed E-state index contributed by atoms with van der Waals surface area (Å²) < 4.78 is 33.8. The first-order valence-electron chi connectivity index (χ1n) is 14.2. The number of hydrogen-bond donors (Lipinski definition) is 1. The smallest absolute Gasteiger partial charge is 0.452 e. The number of amides is 1. The Morgan fingerprint density at radius 1 is 0.947 bits per heavy atom. The van der Waals surface area contributed by atoms with Crippen LogP contribution in [0.4, 0.5) is 0 Å². The average molecular weight is 552 g/mol. The summed E-state index contributed by atoms with van der Waals surface area (Å²) in [6.07, 6.45) is 17.7. The lowest BCUT2D eigenvalue weighted by Crippen LogP contribution is -2.46. The van der Waals surface area contributed by atoms with Crippen molar-refractivity contribution in [2.24, 2.45) is 0 Å². The van der Waals surface area contributed by atoms with Gasteiger partial charge in [0.05, 0.1) is 31.4 Å². The molecule has 214 valence electrons. The van der Waals surface area contributed by atoms with Crippen molar-refractivity contribution in [2.45, 2.75) is 103 Å². The van der Waals surface area contributed by atoms with Crippen molar-refractivity contribution >= 4 is 19.7 Å². The van der Waals surface area contributed by atoms with Crippen molar-refractivity contribution in [3.63, 3.8) is 0 Å². The fourth-order valence-electron chi connectivity index (χ4n) is 4.24. The molecule has 1 amide bonds. The number of hydrogen-bond acceptors (Lipinski definition) is 7. The third-order valence-corrected chi connectivity index (χ3v) is 7.80. The molecule has 1 aliphatic heterocycles. The predicted molar refractivity (Wildman–Crippen MR) is 149 cm³/mol. The summed E-state index contributed by atoms with van der Waals surface area (Å²) in [5.74, 6) is -0.852. The van der Waals surface area contributed by atoms with Gasteiger partial charge in [0.2, 0.25) is 5.91 Å². The van der Waals surface area contributed by atoms with Crippen LogP contribution in [0.15, 0.2) is 42.5 Å². The van der Waals surface area contributed by atoms with Gasteiger partial charge in [-0.3, -0.25) is 18.4 Å². The standard InChI is InChI=1S/C29H46NO7P/c1-3-4-5-6-7-8-9-10-11-12-13-14-18-21-28(37-29(32)26-19-16-15-17-20-26)27(30-25(2)31)24-36-38(33)34-22-23-35-38/h15-21,27-28H,3-14,22-24H2,1-2H3,(H,30,31)/b21-18+/t27?,28-/m1/s1. The number of allylic oxidation sites excluding steroid dienone is 1. The van der Waals surface area contributed by atoms with Crippen molar-refractivity contribution in [1.29, 1.82) is 0 Å². The number of phosphoric ester groups is 1. The maximum absolute atomic E-state index is 12.8. The van der Waals surface area contributed by atoms with E-state index in [-0.39, 0.29) is 25.7 Å². The summed E-state index contributed by atoms with van der Waals surface area (Å²) in [6, 6.07) is 7.88. The number of carbonyl (C=O) groups excluding carboxylic acids is 2. The fraction of sp³-hybridized carbons (Fsp3) is 0.655. The zero-order chi connectivity index (χ0) is 27.5. The minimum atomic E-state index is -3.68. The second kappa shape index (κ2) is 19.1. The summed E-state index contributed by atoms with van der Waals surface area (Å²) in [4.78, 5) is 24.7. The Bertz CT molecular complexity index is 867. The molecule has 8 nitrogen and oxygen atoms in total. The van der Waals surface area contributed by atoms with Crippen LogP contribution in [0.1, 0.15) is 101 Å². The quantitative estimate of drug-likeness (QED) is 0.0795. The van der Waals surface area contributed by atoms with Gasteiger partial charge in [-0.1, -0.05) is 95.4 Å². The van der Waals surface area contributed by atoms with E-state index in [1.807, 2.05) is 12.1 Å². The molecule has 1 heterocycles. The summed E-state index contributed by atoms with van der Waals surface area (Å²) in [6.45, 7) is 3.75. The number of nitrogens with one attached hydrogen (secondary N) is 1. The van der Waals surface area contributed by atoms with E-state index >= 15 is 0 Å². The van der Waals surface area contributed by atoms with E-state index in [0.717, 1.165) is 19.3 Å². The molecule has 2 rings (SSSR count). The zero-order valence-electron chi connectivity index (χ0n) is 23.1. The molecule has 1 aromatic carbocycles. The van der Waals surface area contributed by atoms with Crippen molar-refractivity contribution in [2.75, 3.05) is 19.8 Å². The molecular formula is C29H46NO7P. The van der Waals surface area contributed by atoms with E-state index in [0.29, 0.717) is 5.56 Å². The van der Waals surface area contributed by atoms with Crippen LogP contribution in [0.3, 0.4) is 0 Å². The second-order valence-corrected chi connectivity index (χ2v) is 11.4. The van der Waals surface area contributed by atoms with Gasteiger partial charge >= 0.3 is 13.8 Å². The molecule has 0 aliphatic carbocycles. The van der Waals surface area contributed by atoms with Crippen LogP contribution >= 0.6 is 7.82 Å². The van der Waals surface area contributed by atoms with Crippen molar-refractivity contribution < 1.29 is 32.5 Å². The van der Waals surface area contributed by atoms with E-state index in [1.54, 1.807) is 30.3 Å². The Morgan fingerprint density at radius 3 is 2.11 bits per heavy atom. The molecule has 1 N–H and O–H groups in total. The van der Waals surface area contributed by atoms with Crippen LogP contribution in [-0.4, -0.2) is 43.8 Å². The fourth-order valence-corrected chi connectivity index (χ4v) is 5.40. The molecule has 1 saturated heterocycles. The topological polar surface area (TPSA) is 100 Å². The molecule has 1 aromatic rings. The maximum atomic E-state index is 12.8. The number of phosphoric acid groups is 1. The Balaban J connectivity index is 1.87. The average Bonchev–Trinajstić information content (AvgIpc) is 3.35. The van der Waals surface area contributed by atoms with E-state index in [9.17, 15) is 14.2 Å². The molecule has 0 spiro atoms. The van der Waals surface area contributed by atoms with Crippen molar-refractivity contribution in [1.82, 2.24) is 5.32 Å². The number of benzene rings is 1. The maximum Gasteiger partial charge on any atom is 0.475 e. The summed E-state index contributed by atoms with van der Waals surface area (Å²) in [5, 5.41) is 2.75. The third kappa shape index (κ3) is 13.7. The van der Waals surface area contributed by atoms with Crippen LogP contribution in [0, 0.1) is 0 Å². The molecule has 1 unspecified atom stereocenters. The number of esters is 1. The van der Waals surface area contributed by atoms with Gasteiger partial charge in [-0.2, -0.15) is 0 Å². The minimum absolute atomic E-state index is 0.174.